The fraction of sp³-hybridized carbons (Fsp3) is 0.556. The summed E-state index contributed by atoms with van der Waals surface area (Å²) in [6.07, 6.45) is 5.27. The molecule has 1 aromatic carbocycles. The van der Waals surface area contributed by atoms with E-state index in [1.807, 2.05) is 11.8 Å². The number of carbonyl (C=O) groups excluding carboxylic acids is 1. The van der Waals surface area contributed by atoms with E-state index in [-0.39, 0.29) is 17.5 Å². The van der Waals surface area contributed by atoms with Gasteiger partial charge in [-0.3, -0.25) is 4.79 Å². The summed E-state index contributed by atoms with van der Waals surface area (Å²) < 4.78 is 5.41. The molecule has 0 unspecified atom stereocenters. The zero-order valence-electron chi connectivity index (χ0n) is 13.9. The molecule has 2 rings (SSSR count). The number of aromatic carboxylic acids is 1. The molecule has 1 amide bonds. The minimum atomic E-state index is -1.05. The molecule has 1 fully saturated rings. The quantitative estimate of drug-likeness (QED) is 0.834. The molecule has 5 nitrogen and oxygen atoms in total. The minimum absolute atomic E-state index is 0.0867. The van der Waals surface area contributed by atoms with Crippen molar-refractivity contribution in [1.29, 1.82) is 0 Å². The lowest BCUT2D eigenvalue weighted by Gasteiger charge is -2.25. The number of unbranched alkanes of at least 4 members (excludes halogenated alkanes) is 1. The van der Waals surface area contributed by atoms with Crippen molar-refractivity contribution >= 4 is 11.9 Å². The fourth-order valence-electron chi connectivity index (χ4n) is 3.10. The highest BCUT2D eigenvalue weighted by atomic mass is 16.5. The van der Waals surface area contributed by atoms with Gasteiger partial charge in [-0.25, -0.2) is 4.79 Å². The summed E-state index contributed by atoms with van der Waals surface area (Å²) in [7, 11) is 0. The van der Waals surface area contributed by atoms with E-state index in [9.17, 15) is 14.7 Å². The molecule has 1 aromatic rings. The summed E-state index contributed by atoms with van der Waals surface area (Å²) in [5.41, 5.74) is 0.486. The van der Waals surface area contributed by atoms with E-state index >= 15 is 0 Å². The maximum atomic E-state index is 12.8. The number of ether oxygens (including phenoxy) is 1. The van der Waals surface area contributed by atoms with Gasteiger partial charge in [-0.05, 0) is 44.4 Å². The fourth-order valence-corrected chi connectivity index (χ4v) is 3.10. The first-order valence-corrected chi connectivity index (χ1v) is 8.39. The lowest BCUT2D eigenvalue weighted by molar-refractivity contribution is 0.0696. The highest BCUT2D eigenvalue weighted by Crippen LogP contribution is 2.26. The summed E-state index contributed by atoms with van der Waals surface area (Å²) in [6, 6.07) is 4.82. The van der Waals surface area contributed by atoms with Gasteiger partial charge in [-0.15, -0.1) is 0 Å². The van der Waals surface area contributed by atoms with Gasteiger partial charge in [0.05, 0.1) is 12.2 Å². The highest BCUT2D eigenvalue weighted by Gasteiger charge is 2.29. The third-order valence-electron chi connectivity index (χ3n) is 4.24. The van der Waals surface area contributed by atoms with E-state index in [2.05, 4.69) is 6.92 Å². The molecule has 0 radical (unpaired) electrons. The van der Waals surface area contributed by atoms with Crippen LogP contribution in [-0.4, -0.2) is 41.1 Å². The SMILES string of the molecule is CCCC[C@H]1CCCN1C(=O)c1cc(OCC)cc(C(=O)O)c1. The van der Waals surface area contributed by atoms with E-state index in [4.69, 9.17) is 4.74 Å². The molecule has 1 aliphatic rings. The number of amides is 1. The highest BCUT2D eigenvalue weighted by molar-refractivity contribution is 5.98. The van der Waals surface area contributed by atoms with E-state index in [1.165, 1.54) is 12.1 Å². The molecular weight excluding hydrogens is 294 g/mol. The first-order chi connectivity index (χ1) is 11.1. The van der Waals surface area contributed by atoms with Crippen LogP contribution < -0.4 is 4.74 Å². The number of benzene rings is 1. The van der Waals surface area contributed by atoms with Gasteiger partial charge in [0.25, 0.3) is 5.91 Å². The Hall–Kier alpha value is -2.04. The maximum absolute atomic E-state index is 12.8. The standard InChI is InChI=1S/C18H25NO4/c1-3-5-7-15-8-6-9-19(15)17(20)13-10-14(18(21)22)12-16(11-13)23-4-2/h10-12,15H,3-9H2,1-2H3,(H,21,22)/t15-/m0/s1. The molecule has 1 N–H and O–H groups in total. The van der Waals surface area contributed by atoms with Gasteiger partial charge in [0.1, 0.15) is 5.75 Å². The van der Waals surface area contributed by atoms with Gasteiger partial charge in [0.15, 0.2) is 0 Å². The van der Waals surface area contributed by atoms with Crippen molar-refractivity contribution < 1.29 is 19.4 Å². The van der Waals surface area contributed by atoms with E-state index in [0.717, 1.165) is 38.6 Å². The Labute approximate surface area is 137 Å². The van der Waals surface area contributed by atoms with Crippen LogP contribution in [0.1, 0.15) is 66.7 Å². The Balaban J connectivity index is 2.25. The Morgan fingerprint density at radius 2 is 2.00 bits per heavy atom. The summed E-state index contributed by atoms with van der Waals surface area (Å²) >= 11 is 0. The number of hydrogen-bond acceptors (Lipinski definition) is 3. The first kappa shape index (κ1) is 17.3. The number of nitrogens with zero attached hydrogens (tertiary/aromatic N) is 1. The second kappa shape index (κ2) is 7.99. The number of rotatable bonds is 7. The van der Waals surface area contributed by atoms with Crippen LogP contribution in [0.15, 0.2) is 18.2 Å². The third kappa shape index (κ3) is 4.24. The largest absolute Gasteiger partial charge is 0.494 e. The Kier molecular flexibility index (Phi) is 6.02. The van der Waals surface area contributed by atoms with Crippen LogP contribution in [-0.2, 0) is 0 Å². The van der Waals surface area contributed by atoms with Crippen molar-refractivity contribution in [3.8, 4) is 5.75 Å². The van der Waals surface area contributed by atoms with Crippen molar-refractivity contribution in [1.82, 2.24) is 4.90 Å². The molecule has 0 aromatic heterocycles. The minimum Gasteiger partial charge on any atom is -0.494 e. The summed E-state index contributed by atoms with van der Waals surface area (Å²) in [5.74, 6) is -0.711. The average molecular weight is 319 g/mol. The van der Waals surface area contributed by atoms with Crippen LogP contribution in [0.25, 0.3) is 0 Å². The van der Waals surface area contributed by atoms with E-state index in [0.29, 0.717) is 17.9 Å². The van der Waals surface area contributed by atoms with Crippen LogP contribution >= 0.6 is 0 Å². The predicted molar refractivity (Wildman–Crippen MR) is 88.2 cm³/mol. The van der Waals surface area contributed by atoms with Crippen molar-refractivity contribution in [2.24, 2.45) is 0 Å². The van der Waals surface area contributed by atoms with Gasteiger partial charge in [0.2, 0.25) is 0 Å². The number of likely N-dealkylation sites (tertiary alicyclic amines) is 1. The topological polar surface area (TPSA) is 66.8 Å². The molecule has 0 spiro atoms. The van der Waals surface area contributed by atoms with Crippen LogP contribution in [0, 0.1) is 0 Å². The number of hydrogen-bond donors (Lipinski definition) is 1. The molecule has 126 valence electrons. The predicted octanol–water partition coefficient (Wildman–Crippen LogP) is 3.58. The molecular formula is C18H25NO4. The van der Waals surface area contributed by atoms with Crippen molar-refractivity contribution in [2.75, 3.05) is 13.2 Å². The van der Waals surface area contributed by atoms with Gasteiger partial charge < -0.3 is 14.7 Å². The molecule has 23 heavy (non-hydrogen) atoms. The lowest BCUT2D eigenvalue weighted by Crippen LogP contribution is -2.35. The molecule has 1 aliphatic heterocycles. The van der Waals surface area contributed by atoms with E-state index < -0.39 is 5.97 Å². The van der Waals surface area contributed by atoms with Crippen molar-refractivity contribution in [3.63, 3.8) is 0 Å². The van der Waals surface area contributed by atoms with Crippen LogP contribution in [0.5, 0.6) is 5.75 Å². The van der Waals surface area contributed by atoms with Crippen LogP contribution in [0.4, 0.5) is 0 Å². The Morgan fingerprint density at radius 1 is 1.26 bits per heavy atom. The maximum Gasteiger partial charge on any atom is 0.335 e. The van der Waals surface area contributed by atoms with Crippen LogP contribution in [0.3, 0.4) is 0 Å². The second-order valence-electron chi connectivity index (χ2n) is 5.92. The van der Waals surface area contributed by atoms with Gasteiger partial charge >= 0.3 is 5.97 Å². The first-order valence-electron chi connectivity index (χ1n) is 8.39. The Bertz CT molecular complexity index is 570. The Morgan fingerprint density at radius 3 is 2.65 bits per heavy atom. The summed E-state index contributed by atoms with van der Waals surface area (Å²) in [6.45, 7) is 5.15. The molecule has 0 saturated carbocycles. The van der Waals surface area contributed by atoms with E-state index in [1.54, 1.807) is 6.07 Å². The lowest BCUT2D eigenvalue weighted by atomic mass is 10.1. The zero-order chi connectivity index (χ0) is 16.8. The number of carboxylic acid groups (broad SMARTS) is 1. The number of carbonyl (C=O) groups is 2. The molecule has 1 saturated heterocycles. The van der Waals surface area contributed by atoms with Crippen molar-refractivity contribution in [3.05, 3.63) is 29.3 Å². The van der Waals surface area contributed by atoms with Gasteiger partial charge in [-0.2, -0.15) is 0 Å². The third-order valence-corrected chi connectivity index (χ3v) is 4.24. The second-order valence-corrected chi connectivity index (χ2v) is 5.92. The molecule has 0 aliphatic carbocycles. The van der Waals surface area contributed by atoms with Gasteiger partial charge in [0, 0.05) is 18.2 Å². The summed E-state index contributed by atoms with van der Waals surface area (Å²) in [5, 5.41) is 9.24. The van der Waals surface area contributed by atoms with Crippen molar-refractivity contribution in [2.45, 2.75) is 52.0 Å². The van der Waals surface area contributed by atoms with Crippen LogP contribution in [0.2, 0.25) is 0 Å². The van der Waals surface area contributed by atoms with Gasteiger partial charge in [-0.1, -0.05) is 19.8 Å². The molecule has 5 heteroatoms. The smallest absolute Gasteiger partial charge is 0.335 e. The normalized spacial score (nSPS) is 17.3. The molecule has 0 bridgehead atoms. The molecule has 1 heterocycles. The monoisotopic (exact) mass is 319 g/mol. The number of carboxylic acids is 1. The molecule has 1 atom stereocenters. The average Bonchev–Trinajstić information content (AvgIpc) is 3.00. The summed E-state index contributed by atoms with van der Waals surface area (Å²) in [4.78, 5) is 26.0. The zero-order valence-corrected chi connectivity index (χ0v) is 13.9.